The van der Waals surface area contributed by atoms with Crippen molar-refractivity contribution >= 4 is 23.3 Å². The molecule has 0 unspecified atom stereocenters. The monoisotopic (exact) mass is 254 g/mol. The van der Waals surface area contributed by atoms with Gasteiger partial charge in [-0.3, -0.25) is 14.9 Å². The molecule has 93 valence electrons. The van der Waals surface area contributed by atoms with E-state index in [1.807, 2.05) is 0 Å². The van der Waals surface area contributed by atoms with Gasteiger partial charge in [0, 0.05) is 12.1 Å². The summed E-state index contributed by atoms with van der Waals surface area (Å²) in [7, 11) is 0. The highest BCUT2D eigenvalue weighted by Crippen LogP contribution is 2.22. The number of nitrogens with zero attached hydrogens (tertiary/aromatic N) is 3. The van der Waals surface area contributed by atoms with E-state index in [0.29, 0.717) is 16.9 Å². The van der Waals surface area contributed by atoms with Crippen molar-refractivity contribution in [1.29, 1.82) is 0 Å². The predicted molar refractivity (Wildman–Crippen MR) is 68.5 cm³/mol. The van der Waals surface area contributed by atoms with Crippen LogP contribution in [-0.2, 0) is 4.79 Å². The first kappa shape index (κ1) is 12.6. The molecular weight excluding hydrogens is 246 g/mol. The molecular formula is C13H8N3O3. The van der Waals surface area contributed by atoms with E-state index in [0.717, 1.165) is 0 Å². The van der Waals surface area contributed by atoms with Crippen molar-refractivity contribution in [2.45, 2.75) is 0 Å². The minimum Gasteiger partial charge on any atom is -0.285 e. The molecule has 1 radical (unpaired) electrons. The Bertz CT molecular complexity index is 636. The molecule has 2 aromatic carbocycles. The Morgan fingerprint density at radius 2 is 1.68 bits per heavy atom. The first-order valence-corrected chi connectivity index (χ1v) is 5.34. The quantitative estimate of drug-likeness (QED) is 0.475. The summed E-state index contributed by atoms with van der Waals surface area (Å²) in [5, 5.41) is 18.3. The van der Waals surface area contributed by atoms with E-state index in [4.69, 9.17) is 0 Å². The third kappa shape index (κ3) is 3.06. The third-order valence-electron chi connectivity index (χ3n) is 2.35. The first-order chi connectivity index (χ1) is 9.20. The lowest BCUT2D eigenvalue weighted by atomic mass is 10.2. The van der Waals surface area contributed by atoms with Gasteiger partial charge in [0.15, 0.2) is 0 Å². The Balaban J connectivity index is 2.22. The average Bonchev–Trinajstić information content (AvgIpc) is 2.45. The van der Waals surface area contributed by atoms with Crippen LogP contribution in [0.2, 0.25) is 0 Å². The molecule has 6 nitrogen and oxygen atoms in total. The third-order valence-corrected chi connectivity index (χ3v) is 2.35. The highest BCUT2D eigenvalue weighted by Gasteiger charge is 2.03. The summed E-state index contributed by atoms with van der Waals surface area (Å²) in [5.74, 6) is 0. The molecule has 2 aromatic rings. The molecule has 0 atom stereocenters. The molecule has 0 amide bonds. The van der Waals surface area contributed by atoms with Crippen molar-refractivity contribution in [2.24, 2.45) is 10.2 Å². The van der Waals surface area contributed by atoms with E-state index in [9.17, 15) is 14.9 Å². The summed E-state index contributed by atoms with van der Waals surface area (Å²) < 4.78 is 0. The van der Waals surface area contributed by atoms with Crippen LogP contribution >= 0.6 is 0 Å². The summed E-state index contributed by atoms with van der Waals surface area (Å²) in [6.07, 6.45) is 1.76. The molecule has 0 N–H and O–H groups in total. The SMILES string of the molecule is O=[C]c1ccccc1/N=N/c1ccc([N+](=O)[O-])cc1. The second kappa shape index (κ2) is 5.63. The molecule has 0 bridgehead atoms. The molecule has 0 aliphatic heterocycles. The maximum absolute atomic E-state index is 10.7. The highest BCUT2D eigenvalue weighted by atomic mass is 16.6. The zero-order valence-corrected chi connectivity index (χ0v) is 9.69. The van der Waals surface area contributed by atoms with Crippen LogP contribution < -0.4 is 0 Å². The van der Waals surface area contributed by atoms with Crippen molar-refractivity contribution in [3.63, 3.8) is 0 Å². The number of azo groups is 1. The largest absolute Gasteiger partial charge is 0.285 e. The van der Waals surface area contributed by atoms with Crippen molar-refractivity contribution in [3.05, 3.63) is 64.2 Å². The van der Waals surface area contributed by atoms with Gasteiger partial charge in [-0.2, -0.15) is 5.11 Å². The second-order valence-corrected chi connectivity index (χ2v) is 3.59. The smallest absolute Gasteiger partial charge is 0.269 e. The van der Waals surface area contributed by atoms with Gasteiger partial charge in [-0.15, -0.1) is 5.11 Å². The summed E-state index contributed by atoms with van der Waals surface area (Å²) in [4.78, 5) is 20.7. The van der Waals surface area contributed by atoms with Crippen molar-refractivity contribution in [2.75, 3.05) is 0 Å². The highest BCUT2D eigenvalue weighted by molar-refractivity contribution is 5.82. The maximum atomic E-state index is 10.7. The molecule has 0 saturated carbocycles. The van der Waals surface area contributed by atoms with E-state index >= 15 is 0 Å². The minimum atomic E-state index is -0.489. The number of hydrogen-bond donors (Lipinski definition) is 0. The molecule has 2 rings (SSSR count). The van der Waals surface area contributed by atoms with Crippen LogP contribution in [0.25, 0.3) is 0 Å². The number of carbonyl (C=O) groups excluding carboxylic acids is 1. The number of non-ortho nitro benzene ring substituents is 1. The van der Waals surface area contributed by atoms with E-state index in [-0.39, 0.29) is 5.69 Å². The van der Waals surface area contributed by atoms with Gasteiger partial charge >= 0.3 is 0 Å². The minimum absolute atomic E-state index is 0.0134. The summed E-state index contributed by atoms with van der Waals surface area (Å²) >= 11 is 0. The van der Waals surface area contributed by atoms with Gasteiger partial charge in [-0.1, -0.05) is 12.1 Å². The average molecular weight is 254 g/mol. The Kier molecular flexibility index (Phi) is 3.72. The van der Waals surface area contributed by atoms with E-state index in [2.05, 4.69) is 10.2 Å². The molecule has 0 fully saturated rings. The Hall–Kier alpha value is -2.89. The van der Waals surface area contributed by atoms with Crippen molar-refractivity contribution < 1.29 is 9.72 Å². The van der Waals surface area contributed by atoms with E-state index in [1.165, 1.54) is 24.3 Å². The standard InChI is InChI=1S/C13H8N3O3/c17-9-10-3-1-2-4-13(10)15-14-11-5-7-12(8-6-11)16(18)19/h1-8H/b15-14+. The topological polar surface area (TPSA) is 84.9 Å². The lowest BCUT2D eigenvalue weighted by Crippen LogP contribution is -1.85. The number of rotatable bonds is 4. The van der Waals surface area contributed by atoms with Crippen molar-refractivity contribution in [3.8, 4) is 0 Å². The van der Waals surface area contributed by atoms with Crippen LogP contribution in [0.3, 0.4) is 0 Å². The summed E-state index contributed by atoms with van der Waals surface area (Å²) in [6, 6.07) is 12.3. The molecule has 19 heavy (non-hydrogen) atoms. The van der Waals surface area contributed by atoms with Crippen LogP contribution in [0.1, 0.15) is 5.56 Å². The molecule has 0 spiro atoms. The Morgan fingerprint density at radius 1 is 1.00 bits per heavy atom. The summed E-state index contributed by atoms with van der Waals surface area (Å²) in [6.45, 7) is 0. The fraction of sp³-hybridized carbons (Fsp3) is 0. The molecule has 0 saturated heterocycles. The lowest BCUT2D eigenvalue weighted by molar-refractivity contribution is -0.384. The van der Waals surface area contributed by atoms with Gasteiger partial charge < -0.3 is 0 Å². The fourth-order valence-electron chi connectivity index (χ4n) is 1.40. The fourth-order valence-corrected chi connectivity index (χ4v) is 1.40. The predicted octanol–water partition coefficient (Wildman–Crippen LogP) is 3.47. The van der Waals surface area contributed by atoms with E-state index < -0.39 is 4.92 Å². The molecule has 0 aromatic heterocycles. The number of hydrogen-bond acceptors (Lipinski definition) is 5. The number of benzene rings is 2. The Morgan fingerprint density at radius 3 is 2.32 bits per heavy atom. The van der Waals surface area contributed by atoms with Gasteiger partial charge in [0.25, 0.3) is 5.69 Å². The van der Waals surface area contributed by atoms with Gasteiger partial charge in [0.2, 0.25) is 6.29 Å². The van der Waals surface area contributed by atoms with E-state index in [1.54, 1.807) is 30.6 Å². The van der Waals surface area contributed by atoms with Crippen LogP contribution in [0, 0.1) is 10.1 Å². The summed E-state index contributed by atoms with van der Waals surface area (Å²) in [5.41, 5.74) is 1.16. The van der Waals surface area contributed by atoms with Crippen LogP contribution in [0.15, 0.2) is 58.8 Å². The molecule has 0 heterocycles. The van der Waals surface area contributed by atoms with Crippen LogP contribution in [0.5, 0.6) is 0 Å². The zero-order chi connectivity index (χ0) is 13.7. The van der Waals surface area contributed by atoms with Gasteiger partial charge in [-0.25, -0.2) is 0 Å². The molecule has 0 aliphatic rings. The van der Waals surface area contributed by atoms with Crippen molar-refractivity contribution in [1.82, 2.24) is 0 Å². The number of nitro groups is 1. The lowest BCUT2D eigenvalue weighted by Gasteiger charge is -1.96. The first-order valence-electron chi connectivity index (χ1n) is 5.34. The number of nitro benzene ring substituents is 1. The normalized spacial score (nSPS) is 10.5. The zero-order valence-electron chi connectivity index (χ0n) is 9.69. The molecule has 0 aliphatic carbocycles. The Labute approximate surface area is 108 Å². The van der Waals surface area contributed by atoms with Crippen LogP contribution in [0.4, 0.5) is 17.1 Å². The van der Waals surface area contributed by atoms with Gasteiger partial charge in [0.05, 0.1) is 21.9 Å². The second-order valence-electron chi connectivity index (χ2n) is 3.59. The maximum Gasteiger partial charge on any atom is 0.269 e. The molecule has 6 heteroatoms. The van der Waals surface area contributed by atoms with Gasteiger partial charge in [-0.05, 0) is 24.3 Å². The van der Waals surface area contributed by atoms with Gasteiger partial charge in [0.1, 0.15) is 0 Å². The van der Waals surface area contributed by atoms with Crippen LogP contribution in [-0.4, -0.2) is 11.2 Å².